The molecular formula is C10H8N4. The van der Waals surface area contributed by atoms with Crippen molar-refractivity contribution in [2.24, 2.45) is 15.0 Å². The van der Waals surface area contributed by atoms with E-state index in [1.807, 2.05) is 36.1 Å². The third kappa shape index (κ3) is 0.907. The summed E-state index contributed by atoms with van der Waals surface area (Å²) in [5, 5.41) is 0. The van der Waals surface area contributed by atoms with E-state index in [0.29, 0.717) is 5.96 Å². The fourth-order valence-electron chi connectivity index (χ4n) is 1.63. The second-order valence-electron chi connectivity index (χ2n) is 3.22. The maximum absolute atomic E-state index is 4.34. The molecule has 0 saturated heterocycles. The highest BCUT2D eigenvalue weighted by atomic mass is 15.4. The van der Waals surface area contributed by atoms with Crippen molar-refractivity contribution in [1.82, 2.24) is 4.90 Å². The molecule has 68 valence electrons. The topological polar surface area (TPSA) is 40.3 Å². The van der Waals surface area contributed by atoms with E-state index in [1.165, 1.54) is 6.34 Å². The third-order valence-corrected chi connectivity index (χ3v) is 2.20. The monoisotopic (exact) mass is 184 g/mol. The molecule has 0 unspecified atom stereocenters. The predicted molar refractivity (Wildman–Crippen MR) is 56.2 cm³/mol. The predicted octanol–water partition coefficient (Wildman–Crippen LogP) is 1.46. The Morgan fingerprint density at radius 1 is 1.36 bits per heavy atom. The van der Waals surface area contributed by atoms with Gasteiger partial charge < -0.3 is 0 Å². The van der Waals surface area contributed by atoms with Crippen LogP contribution < -0.4 is 0 Å². The van der Waals surface area contributed by atoms with Gasteiger partial charge in [-0.1, -0.05) is 6.08 Å². The zero-order valence-electron chi connectivity index (χ0n) is 7.68. The number of guanidine groups is 1. The van der Waals surface area contributed by atoms with E-state index in [4.69, 9.17) is 0 Å². The summed E-state index contributed by atoms with van der Waals surface area (Å²) < 4.78 is 0. The molecule has 0 aromatic carbocycles. The van der Waals surface area contributed by atoms with Crippen molar-refractivity contribution in [3.05, 3.63) is 35.8 Å². The van der Waals surface area contributed by atoms with Gasteiger partial charge in [0.1, 0.15) is 12.2 Å². The minimum absolute atomic E-state index is 0.700. The van der Waals surface area contributed by atoms with Crippen LogP contribution in [0.4, 0.5) is 0 Å². The first-order valence-corrected chi connectivity index (χ1v) is 4.40. The van der Waals surface area contributed by atoms with Gasteiger partial charge in [0.2, 0.25) is 5.96 Å². The fraction of sp³-hybridized carbons (Fsp3) is 0.100. The molecule has 3 rings (SSSR count). The number of hydrogen-bond donors (Lipinski definition) is 0. The van der Waals surface area contributed by atoms with Crippen molar-refractivity contribution < 1.29 is 0 Å². The lowest BCUT2D eigenvalue weighted by Gasteiger charge is -2.30. The van der Waals surface area contributed by atoms with Crippen LogP contribution in [0.1, 0.15) is 6.92 Å². The Morgan fingerprint density at radius 2 is 2.29 bits per heavy atom. The average Bonchev–Trinajstić information content (AvgIpc) is 2.18. The van der Waals surface area contributed by atoms with Crippen LogP contribution in [0.15, 0.2) is 50.8 Å². The molecule has 0 bridgehead atoms. The summed E-state index contributed by atoms with van der Waals surface area (Å²) in [7, 11) is 0. The first kappa shape index (κ1) is 7.44. The molecule has 0 aliphatic carbocycles. The fourth-order valence-corrected chi connectivity index (χ4v) is 1.63. The van der Waals surface area contributed by atoms with Crippen LogP contribution in [0.2, 0.25) is 0 Å². The van der Waals surface area contributed by atoms with Gasteiger partial charge in [0.15, 0.2) is 0 Å². The van der Waals surface area contributed by atoms with Crippen molar-refractivity contribution in [2.75, 3.05) is 0 Å². The lowest BCUT2D eigenvalue weighted by Crippen LogP contribution is -2.33. The first-order chi connectivity index (χ1) is 6.84. The van der Waals surface area contributed by atoms with Crippen LogP contribution in [0, 0.1) is 0 Å². The van der Waals surface area contributed by atoms with Gasteiger partial charge in [-0.3, -0.25) is 4.90 Å². The standard InChI is InChI=1S/C10H8N4/c1-7-5-8-3-2-4-9-11-6-12-10(13-7)14(8)9/h2-6H,1H3. The molecule has 0 fully saturated rings. The quantitative estimate of drug-likeness (QED) is 0.561. The zero-order chi connectivity index (χ0) is 9.54. The number of nitrogens with zero attached hydrogens (tertiary/aromatic N) is 4. The molecular weight excluding hydrogens is 176 g/mol. The van der Waals surface area contributed by atoms with Gasteiger partial charge in [-0.25, -0.2) is 15.0 Å². The van der Waals surface area contributed by atoms with E-state index >= 15 is 0 Å². The Hall–Kier alpha value is -1.97. The van der Waals surface area contributed by atoms with Crippen LogP contribution >= 0.6 is 0 Å². The van der Waals surface area contributed by atoms with Gasteiger partial charge in [-0.2, -0.15) is 0 Å². The van der Waals surface area contributed by atoms with Gasteiger partial charge >= 0.3 is 0 Å². The molecule has 0 amide bonds. The molecule has 3 aliphatic heterocycles. The summed E-state index contributed by atoms with van der Waals surface area (Å²) in [5.41, 5.74) is 2.04. The molecule has 0 radical (unpaired) electrons. The van der Waals surface area contributed by atoms with Crippen LogP contribution in [0.5, 0.6) is 0 Å². The van der Waals surface area contributed by atoms with Crippen LogP contribution in [-0.2, 0) is 0 Å². The van der Waals surface area contributed by atoms with Crippen LogP contribution in [-0.4, -0.2) is 22.9 Å². The van der Waals surface area contributed by atoms with Gasteiger partial charge in [0.05, 0.1) is 5.70 Å². The van der Waals surface area contributed by atoms with Crippen molar-refractivity contribution in [3.63, 3.8) is 0 Å². The molecule has 0 aromatic rings. The summed E-state index contributed by atoms with van der Waals surface area (Å²) in [6.07, 6.45) is 9.51. The Balaban J connectivity index is 2.23. The Labute approximate surface area is 81.4 Å². The summed E-state index contributed by atoms with van der Waals surface area (Å²) in [4.78, 5) is 14.6. The van der Waals surface area contributed by atoms with Crippen molar-refractivity contribution in [3.8, 4) is 0 Å². The Bertz CT molecular complexity index is 472. The SMILES string of the molecule is CC1=NC2=NC=NC3=CC=CC(=C1)N32. The van der Waals surface area contributed by atoms with Gasteiger partial charge in [0.25, 0.3) is 0 Å². The third-order valence-electron chi connectivity index (χ3n) is 2.20. The maximum Gasteiger partial charge on any atom is 0.237 e. The first-order valence-electron chi connectivity index (χ1n) is 4.40. The molecule has 0 N–H and O–H groups in total. The molecule has 4 heteroatoms. The van der Waals surface area contributed by atoms with E-state index < -0.39 is 0 Å². The lowest BCUT2D eigenvalue weighted by atomic mass is 10.2. The number of hydrogen-bond acceptors (Lipinski definition) is 4. The summed E-state index contributed by atoms with van der Waals surface area (Å²) in [6.45, 7) is 1.96. The molecule has 3 aliphatic rings. The highest BCUT2D eigenvalue weighted by Crippen LogP contribution is 2.25. The molecule has 0 aromatic heterocycles. The van der Waals surface area contributed by atoms with Crippen molar-refractivity contribution >= 4 is 18.0 Å². The minimum atomic E-state index is 0.700. The molecule has 0 atom stereocenters. The van der Waals surface area contributed by atoms with E-state index in [0.717, 1.165) is 17.2 Å². The normalized spacial score (nSPS) is 22.2. The van der Waals surface area contributed by atoms with Crippen LogP contribution in [0.25, 0.3) is 0 Å². The summed E-state index contributed by atoms with van der Waals surface area (Å²) >= 11 is 0. The second kappa shape index (κ2) is 2.51. The van der Waals surface area contributed by atoms with E-state index in [1.54, 1.807) is 0 Å². The smallest absolute Gasteiger partial charge is 0.237 e. The molecule has 0 spiro atoms. The average molecular weight is 184 g/mol. The number of allylic oxidation sites excluding steroid dienone is 4. The molecule has 0 saturated carbocycles. The van der Waals surface area contributed by atoms with E-state index in [-0.39, 0.29) is 0 Å². The van der Waals surface area contributed by atoms with E-state index in [2.05, 4.69) is 15.0 Å². The Morgan fingerprint density at radius 3 is 3.21 bits per heavy atom. The lowest BCUT2D eigenvalue weighted by molar-refractivity contribution is 0.618. The van der Waals surface area contributed by atoms with E-state index in [9.17, 15) is 0 Å². The van der Waals surface area contributed by atoms with Gasteiger partial charge in [0, 0.05) is 5.71 Å². The zero-order valence-corrected chi connectivity index (χ0v) is 7.68. The Kier molecular flexibility index (Phi) is 1.33. The second-order valence-corrected chi connectivity index (χ2v) is 3.22. The largest absolute Gasteiger partial charge is 0.263 e. The number of rotatable bonds is 0. The van der Waals surface area contributed by atoms with Crippen LogP contribution in [0.3, 0.4) is 0 Å². The molecule has 14 heavy (non-hydrogen) atoms. The minimum Gasteiger partial charge on any atom is -0.263 e. The van der Waals surface area contributed by atoms with Crippen molar-refractivity contribution in [1.29, 1.82) is 0 Å². The summed E-state index contributed by atoms with van der Waals surface area (Å²) in [5.74, 6) is 1.57. The maximum atomic E-state index is 4.34. The highest BCUT2D eigenvalue weighted by molar-refractivity contribution is 6.08. The van der Waals surface area contributed by atoms with Gasteiger partial charge in [-0.05, 0) is 25.2 Å². The molecule has 4 nitrogen and oxygen atoms in total. The number of aliphatic imine (C=N–C) groups is 3. The summed E-state index contributed by atoms with van der Waals surface area (Å²) in [6, 6.07) is 0. The van der Waals surface area contributed by atoms with Gasteiger partial charge in [-0.15, -0.1) is 0 Å². The molecule has 3 heterocycles. The highest BCUT2D eigenvalue weighted by Gasteiger charge is 2.25. The van der Waals surface area contributed by atoms with Crippen molar-refractivity contribution in [2.45, 2.75) is 6.92 Å².